The molecule has 1 aliphatic rings. The van der Waals surface area contributed by atoms with Gasteiger partial charge in [0.2, 0.25) is 0 Å². The van der Waals surface area contributed by atoms with E-state index in [1.165, 1.54) is 0 Å². The van der Waals surface area contributed by atoms with Gasteiger partial charge in [-0.2, -0.15) is 0 Å². The van der Waals surface area contributed by atoms with Crippen LogP contribution in [0.15, 0.2) is 18.2 Å². The fourth-order valence-electron chi connectivity index (χ4n) is 2.60. The Morgan fingerprint density at radius 2 is 2.00 bits per heavy atom. The predicted octanol–water partition coefficient (Wildman–Crippen LogP) is 2.67. The maximum Gasteiger partial charge on any atom is 0.142 e. The Labute approximate surface area is 122 Å². The van der Waals surface area contributed by atoms with Gasteiger partial charge in [0.05, 0.1) is 18.9 Å². The highest BCUT2D eigenvalue weighted by Gasteiger charge is 2.21. The molecule has 0 amide bonds. The lowest BCUT2D eigenvalue weighted by molar-refractivity contribution is 0.329. The van der Waals surface area contributed by atoms with Crippen molar-refractivity contribution in [3.8, 4) is 11.5 Å². The fourth-order valence-corrected chi connectivity index (χ4v) is 2.60. The van der Waals surface area contributed by atoms with Crippen LogP contribution in [0, 0.1) is 0 Å². The van der Waals surface area contributed by atoms with Crippen LogP contribution in [0.2, 0.25) is 0 Å². The molecule has 1 fully saturated rings. The molecule has 4 nitrogen and oxygen atoms in total. The van der Waals surface area contributed by atoms with Gasteiger partial charge < -0.3 is 19.7 Å². The number of benzene rings is 1. The first-order chi connectivity index (χ1) is 9.78. The Morgan fingerprint density at radius 3 is 2.70 bits per heavy atom. The molecular weight excluding hydrogens is 252 g/mol. The van der Waals surface area contributed by atoms with E-state index >= 15 is 0 Å². The fraction of sp³-hybridized carbons (Fsp3) is 0.625. The van der Waals surface area contributed by atoms with Gasteiger partial charge in [-0.1, -0.05) is 6.92 Å². The molecule has 1 aliphatic heterocycles. The SMILES string of the molecule is CCOc1ccc(OCC)c(N2CCNC(CC)C2)c1. The second-order valence-corrected chi connectivity index (χ2v) is 5.00. The molecule has 2 rings (SSSR count). The number of ether oxygens (including phenoxy) is 2. The third kappa shape index (κ3) is 3.57. The van der Waals surface area contributed by atoms with E-state index in [0.717, 1.165) is 43.2 Å². The summed E-state index contributed by atoms with van der Waals surface area (Å²) in [6, 6.07) is 6.66. The monoisotopic (exact) mass is 278 g/mol. The third-order valence-corrected chi connectivity index (χ3v) is 3.63. The lowest BCUT2D eigenvalue weighted by Gasteiger charge is -2.35. The third-order valence-electron chi connectivity index (χ3n) is 3.63. The Kier molecular flexibility index (Phi) is 5.53. The molecule has 1 heterocycles. The van der Waals surface area contributed by atoms with E-state index < -0.39 is 0 Å². The minimum Gasteiger partial charge on any atom is -0.494 e. The van der Waals surface area contributed by atoms with Crippen molar-refractivity contribution in [2.24, 2.45) is 0 Å². The quantitative estimate of drug-likeness (QED) is 0.867. The van der Waals surface area contributed by atoms with Crippen molar-refractivity contribution in [1.82, 2.24) is 5.32 Å². The molecular formula is C16H26N2O2. The Hall–Kier alpha value is -1.42. The average molecular weight is 278 g/mol. The van der Waals surface area contributed by atoms with Crippen LogP contribution in [-0.4, -0.2) is 38.9 Å². The average Bonchev–Trinajstić information content (AvgIpc) is 2.49. The first kappa shape index (κ1) is 15.0. The van der Waals surface area contributed by atoms with Crippen molar-refractivity contribution in [3.05, 3.63) is 18.2 Å². The van der Waals surface area contributed by atoms with Crippen LogP contribution in [0.5, 0.6) is 11.5 Å². The summed E-state index contributed by atoms with van der Waals surface area (Å²) in [7, 11) is 0. The van der Waals surface area contributed by atoms with Gasteiger partial charge in [-0.25, -0.2) is 0 Å². The number of anilines is 1. The summed E-state index contributed by atoms with van der Waals surface area (Å²) in [5.74, 6) is 1.87. The van der Waals surface area contributed by atoms with Gasteiger partial charge in [0.15, 0.2) is 0 Å². The minimum atomic E-state index is 0.550. The number of nitrogens with one attached hydrogen (secondary N) is 1. The molecule has 0 radical (unpaired) electrons. The van der Waals surface area contributed by atoms with Crippen LogP contribution >= 0.6 is 0 Å². The van der Waals surface area contributed by atoms with Gasteiger partial charge in [0, 0.05) is 31.7 Å². The first-order valence-electron chi connectivity index (χ1n) is 7.66. The van der Waals surface area contributed by atoms with Crippen LogP contribution in [0.1, 0.15) is 27.2 Å². The lowest BCUT2D eigenvalue weighted by atomic mass is 10.1. The molecule has 0 aliphatic carbocycles. The largest absolute Gasteiger partial charge is 0.494 e. The summed E-state index contributed by atoms with van der Waals surface area (Å²) in [6.07, 6.45) is 1.14. The smallest absolute Gasteiger partial charge is 0.142 e. The molecule has 1 N–H and O–H groups in total. The molecule has 0 spiro atoms. The van der Waals surface area contributed by atoms with Crippen LogP contribution in [0.4, 0.5) is 5.69 Å². The zero-order valence-corrected chi connectivity index (χ0v) is 12.8. The maximum atomic E-state index is 5.77. The van der Waals surface area contributed by atoms with Crippen LogP contribution in [0.25, 0.3) is 0 Å². The van der Waals surface area contributed by atoms with Crippen molar-refractivity contribution >= 4 is 5.69 Å². The Morgan fingerprint density at radius 1 is 1.20 bits per heavy atom. The van der Waals surface area contributed by atoms with Gasteiger partial charge in [0.1, 0.15) is 11.5 Å². The topological polar surface area (TPSA) is 33.7 Å². The zero-order valence-electron chi connectivity index (χ0n) is 12.8. The summed E-state index contributed by atoms with van der Waals surface area (Å²) in [5.41, 5.74) is 1.15. The van der Waals surface area contributed by atoms with E-state index in [1.807, 2.05) is 26.0 Å². The maximum absolute atomic E-state index is 5.77. The second-order valence-electron chi connectivity index (χ2n) is 5.00. The summed E-state index contributed by atoms with van der Waals surface area (Å²) in [6.45, 7) is 10.7. The molecule has 1 unspecified atom stereocenters. The number of nitrogens with zero attached hydrogens (tertiary/aromatic N) is 1. The first-order valence-corrected chi connectivity index (χ1v) is 7.66. The van der Waals surface area contributed by atoms with E-state index in [4.69, 9.17) is 9.47 Å². The summed E-state index contributed by atoms with van der Waals surface area (Å²) < 4.78 is 11.4. The number of rotatable bonds is 6. The van der Waals surface area contributed by atoms with E-state index in [-0.39, 0.29) is 0 Å². The van der Waals surface area contributed by atoms with E-state index in [0.29, 0.717) is 19.3 Å². The highest BCUT2D eigenvalue weighted by Crippen LogP contribution is 2.33. The Balaban J connectivity index is 2.23. The molecule has 4 heteroatoms. The molecule has 1 aromatic rings. The molecule has 1 saturated heterocycles. The van der Waals surface area contributed by atoms with Crippen LogP contribution in [0.3, 0.4) is 0 Å². The predicted molar refractivity (Wildman–Crippen MR) is 83.1 cm³/mol. The standard InChI is InChI=1S/C16H26N2O2/c1-4-13-12-18(10-9-17-13)15-11-14(19-5-2)7-8-16(15)20-6-3/h7-8,11,13,17H,4-6,9-10,12H2,1-3H3. The molecule has 112 valence electrons. The summed E-state index contributed by atoms with van der Waals surface area (Å²) in [4.78, 5) is 2.40. The molecule has 1 atom stereocenters. The second kappa shape index (κ2) is 7.39. The number of hydrogen-bond donors (Lipinski definition) is 1. The van der Waals surface area contributed by atoms with Gasteiger partial charge in [0.25, 0.3) is 0 Å². The van der Waals surface area contributed by atoms with E-state index in [9.17, 15) is 0 Å². The van der Waals surface area contributed by atoms with Crippen molar-refractivity contribution in [1.29, 1.82) is 0 Å². The van der Waals surface area contributed by atoms with Crippen LogP contribution in [-0.2, 0) is 0 Å². The normalized spacial score (nSPS) is 18.9. The van der Waals surface area contributed by atoms with Gasteiger partial charge >= 0.3 is 0 Å². The molecule has 1 aromatic carbocycles. The Bertz CT molecular complexity index is 423. The molecule has 20 heavy (non-hydrogen) atoms. The minimum absolute atomic E-state index is 0.550. The van der Waals surface area contributed by atoms with Crippen LogP contribution < -0.4 is 19.7 Å². The van der Waals surface area contributed by atoms with E-state index in [1.54, 1.807) is 0 Å². The van der Waals surface area contributed by atoms with Crippen molar-refractivity contribution in [2.45, 2.75) is 33.2 Å². The van der Waals surface area contributed by atoms with Gasteiger partial charge in [-0.05, 0) is 32.4 Å². The zero-order chi connectivity index (χ0) is 14.4. The molecule has 0 bridgehead atoms. The van der Waals surface area contributed by atoms with E-state index in [2.05, 4.69) is 23.2 Å². The van der Waals surface area contributed by atoms with Crippen molar-refractivity contribution in [2.75, 3.05) is 37.7 Å². The van der Waals surface area contributed by atoms with Gasteiger partial charge in [-0.15, -0.1) is 0 Å². The van der Waals surface area contributed by atoms with Crippen molar-refractivity contribution in [3.63, 3.8) is 0 Å². The van der Waals surface area contributed by atoms with Crippen molar-refractivity contribution < 1.29 is 9.47 Å². The summed E-state index contributed by atoms with van der Waals surface area (Å²) in [5, 5.41) is 3.55. The molecule has 0 aromatic heterocycles. The van der Waals surface area contributed by atoms with Gasteiger partial charge in [-0.3, -0.25) is 0 Å². The lowest BCUT2D eigenvalue weighted by Crippen LogP contribution is -2.50. The molecule has 0 saturated carbocycles. The summed E-state index contributed by atoms with van der Waals surface area (Å²) >= 11 is 0. The highest BCUT2D eigenvalue weighted by molar-refractivity contribution is 5.62. The number of hydrogen-bond acceptors (Lipinski definition) is 4. The number of piperazine rings is 1. The highest BCUT2D eigenvalue weighted by atomic mass is 16.5.